The van der Waals surface area contributed by atoms with Crippen LogP contribution < -0.4 is 0 Å². The molecule has 62 valence electrons. The van der Waals surface area contributed by atoms with E-state index in [2.05, 4.69) is 31.1 Å². The summed E-state index contributed by atoms with van der Waals surface area (Å²) in [5.41, 5.74) is 1.02. The molecule has 0 saturated heterocycles. The third kappa shape index (κ3) is 2.35. The SMILES string of the molecule is CC(Cc1ccon1)N(C)C. The normalized spacial score (nSPS) is 13.8. The molecule has 1 atom stereocenters. The highest BCUT2D eigenvalue weighted by molar-refractivity contribution is 4.97. The Hall–Kier alpha value is -0.830. The minimum Gasteiger partial charge on any atom is -0.365 e. The second-order valence-electron chi connectivity index (χ2n) is 3.01. The van der Waals surface area contributed by atoms with Gasteiger partial charge in [0.05, 0.1) is 5.69 Å². The van der Waals surface area contributed by atoms with E-state index in [1.54, 1.807) is 6.26 Å². The van der Waals surface area contributed by atoms with Gasteiger partial charge in [0.2, 0.25) is 0 Å². The molecule has 3 nitrogen and oxygen atoms in total. The van der Waals surface area contributed by atoms with Crippen molar-refractivity contribution in [2.45, 2.75) is 19.4 Å². The zero-order chi connectivity index (χ0) is 8.27. The van der Waals surface area contributed by atoms with Crippen molar-refractivity contribution in [2.75, 3.05) is 14.1 Å². The van der Waals surface area contributed by atoms with Gasteiger partial charge < -0.3 is 9.42 Å². The van der Waals surface area contributed by atoms with Crippen LogP contribution in [0.5, 0.6) is 0 Å². The molecule has 3 heteroatoms. The van der Waals surface area contributed by atoms with E-state index in [1.165, 1.54) is 0 Å². The summed E-state index contributed by atoms with van der Waals surface area (Å²) in [6.45, 7) is 2.16. The molecule has 0 saturated carbocycles. The van der Waals surface area contributed by atoms with Gasteiger partial charge in [-0.1, -0.05) is 5.16 Å². The third-order valence-electron chi connectivity index (χ3n) is 1.88. The maximum absolute atomic E-state index is 4.73. The molecule has 0 radical (unpaired) electrons. The third-order valence-corrected chi connectivity index (χ3v) is 1.88. The van der Waals surface area contributed by atoms with E-state index in [9.17, 15) is 0 Å². The van der Waals surface area contributed by atoms with Gasteiger partial charge in [0.1, 0.15) is 6.26 Å². The Labute approximate surface area is 67.0 Å². The lowest BCUT2D eigenvalue weighted by molar-refractivity contribution is 0.305. The first-order chi connectivity index (χ1) is 5.20. The van der Waals surface area contributed by atoms with Crippen molar-refractivity contribution >= 4 is 0 Å². The summed E-state index contributed by atoms with van der Waals surface area (Å²) in [5, 5.41) is 3.84. The Morgan fingerprint density at radius 1 is 1.64 bits per heavy atom. The van der Waals surface area contributed by atoms with Gasteiger partial charge in [-0.05, 0) is 21.0 Å². The monoisotopic (exact) mass is 154 g/mol. The lowest BCUT2D eigenvalue weighted by atomic mass is 10.2. The van der Waals surface area contributed by atoms with E-state index in [-0.39, 0.29) is 0 Å². The van der Waals surface area contributed by atoms with E-state index in [1.807, 2.05) is 6.07 Å². The van der Waals surface area contributed by atoms with Crippen LogP contribution >= 0.6 is 0 Å². The maximum atomic E-state index is 4.73. The van der Waals surface area contributed by atoms with Crippen molar-refractivity contribution in [2.24, 2.45) is 0 Å². The van der Waals surface area contributed by atoms with Crippen LogP contribution in [-0.4, -0.2) is 30.2 Å². The zero-order valence-electron chi connectivity index (χ0n) is 7.24. The molecular weight excluding hydrogens is 140 g/mol. The first kappa shape index (κ1) is 8.27. The summed E-state index contributed by atoms with van der Waals surface area (Å²) in [4.78, 5) is 2.16. The van der Waals surface area contributed by atoms with Gasteiger partial charge in [0.25, 0.3) is 0 Å². The van der Waals surface area contributed by atoms with Crippen molar-refractivity contribution < 1.29 is 4.52 Å². The summed E-state index contributed by atoms with van der Waals surface area (Å²) in [6, 6.07) is 2.42. The first-order valence-electron chi connectivity index (χ1n) is 3.76. The van der Waals surface area contributed by atoms with Crippen molar-refractivity contribution in [1.82, 2.24) is 10.1 Å². The average Bonchev–Trinajstić information content (AvgIpc) is 2.39. The highest BCUT2D eigenvalue weighted by Crippen LogP contribution is 2.02. The molecule has 1 heterocycles. The predicted octanol–water partition coefficient (Wildman–Crippen LogP) is 1.17. The molecule has 1 rings (SSSR count). The molecule has 0 fully saturated rings. The number of likely N-dealkylation sites (N-methyl/N-ethyl adjacent to an activating group) is 1. The Balaban J connectivity index is 2.43. The van der Waals surface area contributed by atoms with E-state index >= 15 is 0 Å². The van der Waals surface area contributed by atoms with E-state index in [0.29, 0.717) is 6.04 Å². The smallest absolute Gasteiger partial charge is 0.124 e. The maximum Gasteiger partial charge on any atom is 0.124 e. The molecule has 0 amide bonds. The van der Waals surface area contributed by atoms with Crippen LogP contribution in [0.2, 0.25) is 0 Å². The quantitative estimate of drug-likeness (QED) is 0.654. The molecule has 0 aliphatic rings. The Kier molecular flexibility index (Phi) is 2.65. The minimum atomic E-state index is 0.514. The van der Waals surface area contributed by atoms with E-state index in [4.69, 9.17) is 4.52 Å². The van der Waals surface area contributed by atoms with Crippen LogP contribution in [0.4, 0.5) is 0 Å². The molecule has 0 aliphatic carbocycles. The van der Waals surface area contributed by atoms with E-state index < -0.39 is 0 Å². The molecule has 1 aromatic rings. The highest BCUT2D eigenvalue weighted by atomic mass is 16.5. The van der Waals surface area contributed by atoms with Crippen LogP contribution in [0.25, 0.3) is 0 Å². The van der Waals surface area contributed by atoms with Gasteiger partial charge in [-0.2, -0.15) is 0 Å². The first-order valence-corrected chi connectivity index (χ1v) is 3.76. The molecule has 0 aliphatic heterocycles. The number of hydrogen-bond donors (Lipinski definition) is 0. The Morgan fingerprint density at radius 2 is 2.36 bits per heavy atom. The van der Waals surface area contributed by atoms with Crippen molar-refractivity contribution in [3.8, 4) is 0 Å². The van der Waals surface area contributed by atoms with Crippen LogP contribution in [0.1, 0.15) is 12.6 Å². The van der Waals surface area contributed by atoms with E-state index in [0.717, 1.165) is 12.1 Å². The van der Waals surface area contributed by atoms with Gasteiger partial charge in [-0.3, -0.25) is 0 Å². The average molecular weight is 154 g/mol. The van der Waals surface area contributed by atoms with Crippen LogP contribution in [-0.2, 0) is 6.42 Å². The highest BCUT2D eigenvalue weighted by Gasteiger charge is 2.06. The Bertz CT molecular complexity index is 194. The van der Waals surface area contributed by atoms with Gasteiger partial charge >= 0.3 is 0 Å². The van der Waals surface area contributed by atoms with Crippen molar-refractivity contribution in [1.29, 1.82) is 0 Å². The van der Waals surface area contributed by atoms with Crippen LogP contribution in [0.15, 0.2) is 16.9 Å². The summed E-state index contributed by atoms with van der Waals surface area (Å²) >= 11 is 0. The zero-order valence-corrected chi connectivity index (χ0v) is 7.24. The standard InChI is InChI=1S/C8H14N2O/c1-7(10(2)3)6-8-4-5-11-9-8/h4-5,7H,6H2,1-3H3. The molecule has 0 spiro atoms. The van der Waals surface area contributed by atoms with Crippen molar-refractivity contribution in [3.05, 3.63) is 18.0 Å². The van der Waals surface area contributed by atoms with Gasteiger partial charge in [0, 0.05) is 18.5 Å². The molecule has 11 heavy (non-hydrogen) atoms. The fraction of sp³-hybridized carbons (Fsp3) is 0.625. The lowest BCUT2D eigenvalue weighted by Crippen LogP contribution is -2.26. The number of aromatic nitrogens is 1. The second-order valence-corrected chi connectivity index (χ2v) is 3.01. The summed E-state index contributed by atoms with van der Waals surface area (Å²) in [6.07, 6.45) is 2.56. The van der Waals surface area contributed by atoms with Crippen LogP contribution in [0.3, 0.4) is 0 Å². The summed E-state index contributed by atoms with van der Waals surface area (Å²) < 4.78 is 4.73. The van der Waals surface area contributed by atoms with Gasteiger partial charge in [-0.25, -0.2) is 0 Å². The fourth-order valence-electron chi connectivity index (χ4n) is 0.828. The van der Waals surface area contributed by atoms with Crippen LogP contribution in [0, 0.1) is 0 Å². The molecule has 1 unspecified atom stereocenters. The summed E-state index contributed by atoms with van der Waals surface area (Å²) in [5.74, 6) is 0. The second kappa shape index (κ2) is 3.53. The minimum absolute atomic E-state index is 0.514. The molecular formula is C8H14N2O. The van der Waals surface area contributed by atoms with Gasteiger partial charge in [0.15, 0.2) is 0 Å². The lowest BCUT2D eigenvalue weighted by Gasteiger charge is -2.17. The summed E-state index contributed by atoms with van der Waals surface area (Å²) in [7, 11) is 4.12. The largest absolute Gasteiger partial charge is 0.365 e. The topological polar surface area (TPSA) is 29.3 Å². The number of hydrogen-bond acceptors (Lipinski definition) is 3. The Morgan fingerprint density at radius 3 is 2.82 bits per heavy atom. The molecule has 0 bridgehead atoms. The predicted molar refractivity (Wildman–Crippen MR) is 43.4 cm³/mol. The molecule has 0 N–H and O–H groups in total. The van der Waals surface area contributed by atoms with Crippen molar-refractivity contribution in [3.63, 3.8) is 0 Å². The molecule has 1 aromatic heterocycles. The fourth-order valence-corrected chi connectivity index (χ4v) is 0.828. The number of nitrogens with zero attached hydrogens (tertiary/aromatic N) is 2. The number of rotatable bonds is 3. The molecule has 0 aromatic carbocycles. The van der Waals surface area contributed by atoms with Gasteiger partial charge in [-0.15, -0.1) is 0 Å².